The molecule has 15 nitrogen and oxygen atoms in total. The smallest absolute Gasteiger partial charge is 0.234 e. The first-order valence-electron chi connectivity index (χ1n) is 20.1. The van der Waals surface area contributed by atoms with Crippen molar-refractivity contribution < 1.29 is 14.3 Å². The van der Waals surface area contributed by atoms with E-state index < -0.39 is 0 Å². The maximum Gasteiger partial charge on any atom is 0.234 e. The molecule has 9 heterocycles. The normalized spacial score (nSPS) is 20.2. The molecule has 0 aromatic carbocycles. The number of anilines is 3. The quantitative estimate of drug-likeness (QED) is 0.187. The first-order valence-corrected chi connectivity index (χ1v) is 20.9. The summed E-state index contributed by atoms with van der Waals surface area (Å²) >= 11 is 1.61. The molecule has 4 saturated heterocycles. The lowest BCUT2D eigenvalue weighted by Gasteiger charge is -2.36. The number of piperazine rings is 1. The Hall–Kier alpha value is -5.50. The highest BCUT2D eigenvalue weighted by atomic mass is 32.1. The molecule has 0 saturated carbocycles. The zero-order chi connectivity index (χ0) is 38.7. The molecular weight excluding hydrogens is 741 g/mol. The second-order valence-electron chi connectivity index (χ2n) is 15.4. The highest BCUT2D eigenvalue weighted by Crippen LogP contribution is 2.37. The first kappa shape index (κ1) is 37.1. The Morgan fingerprint density at radius 1 is 0.895 bits per heavy atom. The molecule has 0 aliphatic carbocycles. The summed E-state index contributed by atoms with van der Waals surface area (Å²) in [5.74, 6) is 0.936. The number of amides is 2. The summed E-state index contributed by atoms with van der Waals surface area (Å²) in [5, 5.41) is 31.2. The van der Waals surface area contributed by atoms with Crippen LogP contribution < -0.4 is 20.4 Å². The van der Waals surface area contributed by atoms with E-state index in [2.05, 4.69) is 52.8 Å². The lowest BCUT2D eigenvalue weighted by atomic mass is 9.91. The third-order valence-corrected chi connectivity index (χ3v) is 12.9. The summed E-state index contributed by atoms with van der Waals surface area (Å²) in [6, 6.07) is 14.3. The van der Waals surface area contributed by atoms with E-state index in [9.17, 15) is 14.9 Å². The van der Waals surface area contributed by atoms with Gasteiger partial charge in [-0.25, -0.2) is 9.50 Å². The predicted octanol–water partition coefficient (Wildman–Crippen LogP) is 4.72. The van der Waals surface area contributed by atoms with Gasteiger partial charge in [0.15, 0.2) is 5.01 Å². The number of ether oxygens (including phenoxy) is 1. The predicted molar refractivity (Wildman–Crippen MR) is 217 cm³/mol. The van der Waals surface area contributed by atoms with Gasteiger partial charge in [0.1, 0.15) is 11.9 Å². The third kappa shape index (κ3) is 8.18. The zero-order valence-corrected chi connectivity index (χ0v) is 32.7. The summed E-state index contributed by atoms with van der Waals surface area (Å²) in [5.41, 5.74) is 5.77. The van der Waals surface area contributed by atoms with Gasteiger partial charge in [-0.05, 0) is 86.9 Å². The van der Waals surface area contributed by atoms with E-state index >= 15 is 0 Å². The first-order chi connectivity index (χ1) is 28.0. The number of rotatable bonds is 10. The molecule has 0 bridgehead atoms. The Kier molecular flexibility index (Phi) is 10.8. The van der Waals surface area contributed by atoms with E-state index in [1.54, 1.807) is 23.7 Å². The molecule has 4 aliphatic rings. The molecule has 0 radical (unpaired) electrons. The van der Waals surface area contributed by atoms with Crippen LogP contribution in [0, 0.1) is 17.2 Å². The number of carbonyl (C=O) groups is 2. The number of hydrogen-bond donors (Lipinski definition) is 2. The van der Waals surface area contributed by atoms with Crippen molar-refractivity contribution in [1.29, 1.82) is 5.26 Å². The average molecular weight is 787 g/mol. The van der Waals surface area contributed by atoms with Crippen LogP contribution in [0.3, 0.4) is 0 Å². The lowest BCUT2D eigenvalue weighted by molar-refractivity contribution is -0.134. The SMILES string of the molecule is N#Cc1cnn2c(-c3cc(NC4CCOCC4)c(-c4nnc(N5CCN(CCC6CCN(c7ccc(C8CCC(=O)NC8=O)cn7)CC6)CC5)s4)cn3)ccc2c1. The minimum atomic E-state index is -0.301. The molecule has 4 fully saturated rings. The fourth-order valence-electron chi connectivity index (χ4n) is 8.43. The van der Waals surface area contributed by atoms with Gasteiger partial charge in [-0.1, -0.05) is 17.4 Å². The van der Waals surface area contributed by atoms with Crippen LogP contribution in [0.1, 0.15) is 62.0 Å². The van der Waals surface area contributed by atoms with Gasteiger partial charge in [-0.15, -0.1) is 10.2 Å². The van der Waals surface area contributed by atoms with Gasteiger partial charge >= 0.3 is 0 Å². The highest BCUT2D eigenvalue weighted by molar-refractivity contribution is 7.18. The van der Waals surface area contributed by atoms with Crippen molar-refractivity contribution in [3.05, 3.63) is 66.1 Å². The van der Waals surface area contributed by atoms with Crippen molar-refractivity contribution in [2.75, 3.05) is 74.1 Å². The highest BCUT2D eigenvalue weighted by Gasteiger charge is 2.29. The van der Waals surface area contributed by atoms with E-state index in [0.717, 1.165) is 134 Å². The Balaban J connectivity index is 0.786. The van der Waals surface area contributed by atoms with Crippen LogP contribution >= 0.6 is 11.3 Å². The van der Waals surface area contributed by atoms with E-state index in [0.29, 0.717) is 24.3 Å². The van der Waals surface area contributed by atoms with Crippen LogP contribution in [-0.4, -0.2) is 112 Å². The van der Waals surface area contributed by atoms with E-state index in [1.165, 1.54) is 6.42 Å². The van der Waals surface area contributed by atoms with E-state index in [-0.39, 0.29) is 23.8 Å². The number of nitriles is 1. The maximum absolute atomic E-state index is 12.3. The van der Waals surface area contributed by atoms with Gasteiger partial charge in [0, 0.05) is 83.0 Å². The standard InChI is InChI=1S/C41H46N12O3S/c42-23-28-21-31-2-4-36(53(31)45-24-28)35-22-34(46-30-10-19-56-20-11-30)33(26-43-35)40-48-49-41(57-40)52-17-15-50(16-18-52)12-7-27-8-13-51(14-9-27)37-5-1-29(25-44-37)32-3-6-38(54)47-39(32)55/h1-2,4-5,21-22,24-27,30,32H,3,6-20H2,(H,43,46)(H,47,54,55). The van der Waals surface area contributed by atoms with Crippen molar-refractivity contribution in [2.45, 2.75) is 56.9 Å². The van der Waals surface area contributed by atoms with Crippen molar-refractivity contribution in [2.24, 2.45) is 5.92 Å². The van der Waals surface area contributed by atoms with Crippen molar-refractivity contribution >= 4 is 45.3 Å². The molecule has 5 aromatic rings. The molecule has 5 aromatic heterocycles. The van der Waals surface area contributed by atoms with Crippen molar-refractivity contribution in [3.8, 4) is 28.0 Å². The van der Waals surface area contributed by atoms with E-state index in [4.69, 9.17) is 14.7 Å². The second kappa shape index (κ2) is 16.5. The van der Waals surface area contributed by atoms with Crippen LogP contribution in [-0.2, 0) is 14.3 Å². The molecule has 1 unspecified atom stereocenters. The molecule has 2 amide bonds. The molecule has 4 aliphatic heterocycles. The Bertz CT molecular complexity index is 2260. The number of carbonyl (C=O) groups excluding carboxylic acids is 2. The molecule has 9 rings (SSSR count). The zero-order valence-electron chi connectivity index (χ0n) is 31.8. The maximum atomic E-state index is 12.3. The Morgan fingerprint density at radius 3 is 2.51 bits per heavy atom. The lowest BCUT2D eigenvalue weighted by Crippen LogP contribution is -2.47. The average Bonchev–Trinajstić information content (AvgIpc) is 3.92. The number of nitrogens with zero attached hydrogens (tertiary/aromatic N) is 10. The fourth-order valence-corrected chi connectivity index (χ4v) is 9.35. The number of piperidine rings is 2. The van der Waals surface area contributed by atoms with Gasteiger partial charge in [0.25, 0.3) is 0 Å². The fraction of sp³-hybridized carbons (Fsp3) is 0.463. The number of pyridine rings is 2. The van der Waals surface area contributed by atoms with Crippen molar-refractivity contribution in [3.63, 3.8) is 0 Å². The van der Waals surface area contributed by atoms with Crippen LogP contribution in [0.15, 0.2) is 55.0 Å². The number of fused-ring (bicyclic) bond motifs is 1. The van der Waals surface area contributed by atoms with E-state index in [1.807, 2.05) is 41.0 Å². The molecule has 294 valence electrons. The molecule has 16 heteroatoms. The summed E-state index contributed by atoms with van der Waals surface area (Å²) in [6.07, 6.45) is 11.5. The van der Waals surface area contributed by atoms with Crippen LogP contribution in [0.5, 0.6) is 0 Å². The number of nitrogens with one attached hydrogen (secondary N) is 2. The van der Waals surface area contributed by atoms with Crippen LogP contribution in [0.4, 0.5) is 16.6 Å². The Labute approximate surface area is 335 Å². The summed E-state index contributed by atoms with van der Waals surface area (Å²) in [6.45, 7) is 8.37. The summed E-state index contributed by atoms with van der Waals surface area (Å²) < 4.78 is 7.45. The monoisotopic (exact) mass is 786 g/mol. The minimum Gasteiger partial charge on any atom is -0.381 e. The summed E-state index contributed by atoms with van der Waals surface area (Å²) in [4.78, 5) is 40.7. The number of hydrogen-bond acceptors (Lipinski definition) is 14. The molecule has 1 atom stereocenters. The molecular formula is C41H46N12O3S. The van der Waals surface area contributed by atoms with Crippen LogP contribution in [0.2, 0.25) is 0 Å². The van der Waals surface area contributed by atoms with Gasteiger partial charge < -0.3 is 19.9 Å². The van der Waals surface area contributed by atoms with Gasteiger partial charge in [0.2, 0.25) is 16.9 Å². The minimum absolute atomic E-state index is 0.195. The molecule has 57 heavy (non-hydrogen) atoms. The summed E-state index contributed by atoms with van der Waals surface area (Å²) in [7, 11) is 0. The topological polar surface area (TPSA) is 170 Å². The number of imide groups is 1. The third-order valence-electron chi connectivity index (χ3n) is 11.9. The largest absolute Gasteiger partial charge is 0.381 e. The second-order valence-corrected chi connectivity index (χ2v) is 16.4. The van der Waals surface area contributed by atoms with Crippen molar-refractivity contribution in [1.82, 2.24) is 40.0 Å². The molecule has 0 spiro atoms. The number of aromatic nitrogens is 6. The van der Waals surface area contributed by atoms with Gasteiger partial charge in [-0.3, -0.25) is 24.8 Å². The molecule has 2 N–H and O–H groups in total. The van der Waals surface area contributed by atoms with Gasteiger partial charge in [-0.2, -0.15) is 10.4 Å². The van der Waals surface area contributed by atoms with Crippen LogP contribution in [0.25, 0.3) is 27.5 Å². The Morgan fingerprint density at radius 2 is 1.74 bits per heavy atom. The van der Waals surface area contributed by atoms with Gasteiger partial charge in [0.05, 0.1) is 40.1 Å².